The van der Waals surface area contributed by atoms with Gasteiger partial charge in [-0.3, -0.25) is 4.79 Å². The number of hydrogen-bond donors (Lipinski definition) is 1. The van der Waals surface area contributed by atoms with Gasteiger partial charge in [-0.1, -0.05) is 48.6 Å². The number of hydrogen-bond acceptors (Lipinski definition) is 3. The fourth-order valence-electron chi connectivity index (χ4n) is 3.45. The molecule has 0 radical (unpaired) electrons. The van der Waals surface area contributed by atoms with E-state index in [1.807, 2.05) is 38.1 Å². The van der Waals surface area contributed by atoms with Crippen LogP contribution in [0.1, 0.15) is 60.3 Å². The Bertz CT molecular complexity index is 684. The molecule has 5 heteroatoms. The lowest BCUT2D eigenvalue weighted by Crippen LogP contribution is -2.26. The lowest BCUT2D eigenvalue weighted by molar-refractivity contribution is 0.0946. The fraction of sp³-hybridized carbons (Fsp3) is 0.526. The molecule has 1 amide bonds. The van der Waals surface area contributed by atoms with E-state index in [0.717, 1.165) is 23.7 Å². The number of benzene rings is 1. The molecule has 2 aromatic rings. The molecule has 1 heterocycles. The van der Waals surface area contributed by atoms with Gasteiger partial charge in [-0.2, -0.15) is 0 Å². The average molecular weight is 326 g/mol. The van der Waals surface area contributed by atoms with Crippen LogP contribution in [0.2, 0.25) is 0 Å². The number of carbonyl (C=O) groups excluding carboxylic acids is 1. The normalized spacial score (nSPS) is 14.9. The number of aryl methyl sites for hydroxylation is 1. The highest BCUT2D eigenvalue weighted by molar-refractivity contribution is 5.93. The Labute approximate surface area is 143 Å². The van der Waals surface area contributed by atoms with Crippen molar-refractivity contribution >= 4 is 5.91 Å². The number of nitrogens with one attached hydrogen (secondary N) is 1. The SMILES string of the molecule is Cc1ccc(-n2nnc(C(=O)NCCCC3CCCC3)c2C)cc1. The van der Waals surface area contributed by atoms with E-state index in [1.165, 1.54) is 37.7 Å². The van der Waals surface area contributed by atoms with Crippen LogP contribution in [0.5, 0.6) is 0 Å². The lowest BCUT2D eigenvalue weighted by Gasteiger charge is -2.09. The fourth-order valence-corrected chi connectivity index (χ4v) is 3.45. The molecule has 0 bridgehead atoms. The summed E-state index contributed by atoms with van der Waals surface area (Å²) >= 11 is 0. The van der Waals surface area contributed by atoms with E-state index in [-0.39, 0.29) is 5.91 Å². The van der Waals surface area contributed by atoms with Crippen LogP contribution in [0.15, 0.2) is 24.3 Å². The lowest BCUT2D eigenvalue weighted by atomic mass is 10.0. The molecule has 0 unspecified atom stereocenters. The van der Waals surface area contributed by atoms with Gasteiger partial charge in [0, 0.05) is 6.54 Å². The van der Waals surface area contributed by atoms with Crippen molar-refractivity contribution in [2.24, 2.45) is 5.92 Å². The molecule has 0 aliphatic heterocycles. The van der Waals surface area contributed by atoms with Crippen molar-refractivity contribution in [1.82, 2.24) is 20.3 Å². The Morgan fingerprint density at radius 3 is 2.62 bits per heavy atom. The first-order valence-corrected chi connectivity index (χ1v) is 8.92. The third kappa shape index (κ3) is 3.83. The molecule has 1 fully saturated rings. The summed E-state index contributed by atoms with van der Waals surface area (Å²) in [5, 5.41) is 11.2. The van der Waals surface area contributed by atoms with Gasteiger partial charge in [-0.15, -0.1) is 5.10 Å². The molecule has 128 valence electrons. The average Bonchev–Trinajstić information content (AvgIpc) is 3.22. The molecule has 0 atom stereocenters. The van der Waals surface area contributed by atoms with E-state index < -0.39 is 0 Å². The van der Waals surface area contributed by atoms with Gasteiger partial charge in [-0.25, -0.2) is 4.68 Å². The summed E-state index contributed by atoms with van der Waals surface area (Å²) < 4.78 is 1.72. The topological polar surface area (TPSA) is 59.8 Å². The van der Waals surface area contributed by atoms with Crippen molar-refractivity contribution in [3.8, 4) is 5.69 Å². The zero-order chi connectivity index (χ0) is 16.9. The first kappa shape index (κ1) is 16.7. The van der Waals surface area contributed by atoms with Gasteiger partial charge in [-0.05, 0) is 44.7 Å². The number of amides is 1. The first-order valence-electron chi connectivity index (χ1n) is 8.92. The maximum atomic E-state index is 12.3. The van der Waals surface area contributed by atoms with Gasteiger partial charge in [0.25, 0.3) is 5.91 Å². The van der Waals surface area contributed by atoms with Crippen molar-refractivity contribution in [2.75, 3.05) is 6.54 Å². The molecule has 0 saturated heterocycles. The second-order valence-electron chi connectivity index (χ2n) is 6.82. The number of nitrogens with zero attached hydrogens (tertiary/aromatic N) is 3. The van der Waals surface area contributed by atoms with Crippen LogP contribution in [0.4, 0.5) is 0 Å². The van der Waals surface area contributed by atoms with Gasteiger partial charge in [0.2, 0.25) is 0 Å². The van der Waals surface area contributed by atoms with Crippen molar-refractivity contribution in [3.05, 3.63) is 41.2 Å². The Morgan fingerprint density at radius 2 is 1.92 bits per heavy atom. The summed E-state index contributed by atoms with van der Waals surface area (Å²) in [6, 6.07) is 8.03. The summed E-state index contributed by atoms with van der Waals surface area (Å²) in [6.45, 7) is 4.64. The predicted octanol–water partition coefficient (Wildman–Crippen LogP) is 3.58. The van der Waals surface area contributed by atoms with Crippen LogP contribution in [0, 0.1) is 19.8 Å². The predicted molar refractivity (Wildman–Crippen MR) is 94.4 cm³/mol. The Hall–Kier alpha value is -2.17. The third-order valence-electron chi connectivity index (χ3n) is 4.94. The van der Waals surface area contributed by atoms with E-state index in [4.69, 9.17) is 0 Å². The molecule has 1 N–H and O–H groups in total. The second kappa shape index (κ2) is 7.60. The van der Waals surface area contributed by atoms with Crippen molar-refractivity contribution in [2.45, 2.75) is 52.4 Å². The van der Waals surface area contributed by atoms with Gasteiger partial charge in [0.05, 0.1) is 11.4 Å². The summed E-state index contributed by atoms with van der Waals surface area (Å²) in [6.07, 6.45) is 7.73. The van der Waals surface area contributed by atoms with E-state index in [2.05, 4.69) is 15.6 Å². The number of aromatic nitrogens is 3. The van der Waals surface area contributed by atoms with Crippen LogP contribution in [0.25, 0.3) is 5.69 Å². The highest BCUT2D eigenvalue weighted by atomic mass is 16.2. The molecular weight excluding hydrogens is 300 g/mol. The van der Waals surface area contributed by atoms with Crippen LogP contribution in [-0.4, -0.2) is 27.4 Å². The monoisotopic (exact) mass is 326 g/mol. The van der Waals surface area contributed by atoms with Crippen LogP contribution >= 0.6 is 0 Å². The van der Waals surface area contributed by atoms with Gasteiger partial charge >= 0.3 is 0 Å². The van der Waals surface area contributed by atoms with Crippen LogP contribution in [-0.2, 0) is 0 Å². The van der Waals surface area contributed by atoms with Gasteiger partial charge in [0.15, 0.2) is 5.69 Å². The molecule has 5 nitrogen and oxygen atoms in total. The summed E-state index contributed by atoms with van der Waals surface area (Å²) in [5.74, 6) is 0.739. The molecule has 1 aliphatic rings. The number of carbonyl (C=O) groups is 1. The zero-order valence-electron chi connectivity index (χ0n) is 14.6. The molecule has 1 aromatic heterocycles. The van der Waals surface area contributed by atoms with E-state index in [0.29, 0.717) is 12.2 Å². The quantitative estimate of drug-likeness (QED) is 0.825. The molecule has 1 aliphatic carbocycles. The Morgan fingerprint density at radius 1 is 1.21 bits per heavy atom. The van der Waals surface area contributed by atoms with Crippen molar-refractivity contribution in [1.29, 1.82) is 0 Å². The van der Waals surface area contributed by atoms with Gasteiger partial charge in [0.1, 0.15) is 0 Å². The molecule has 24 heavy (non-hydrogen) atoms. The number of rotatable bonds is 6. The highest BCUT2D eigenvalue weighted by Gasteiger charge is 2.18. The minimum absolute atomic E-state index is 0.128. The summed E-state index contributed by atoms with van der Waals surface area (Å²) in [7, 11) is 0. The Balaban J connectivity index is 1.56. The minimum atomic E-state index is -0.128. The van der Waals surface area contributed by atoms with E-state index in [1.54, 1.807) is 4.68 Å². The van der Waals surface area contributed by atoms with E-state index >= 15 is 0 Å². The standard InChI is InChI=1S/C19H26N4O/c1-14-9-11-17(12-10-14)23-15(2)18(21-22-23)19(24)20-13-5-8-16-6-3-4-7-16/h9-12,16H,3-8,13H2,1-2H3,(H,20,24). The zero-order valence-corrected chi connectivity index (χ0v) is 14.6. The minimum Gasteiger partial charge on any atom is -0.351 e. The molecule has 1 saturated carbocycles. The molecule has 3 rings (SSSR count). The molecule has 1 aromatic carbocycles. The molecular formula is C19H26N4O. The van der Waals surface area contributed by atoms with Crippen molar-refractivity contribution < 1.29 is 4.79 Å². The highest BCUT2D eigenvalue weighted by Crippen LogP contribution is 2.28. The second-order valence-corrected chi connectivity index (χ2v) is 6.82. The smallest absolute Gasteiger partial charge is 0.273 e. The first-order chi connectivity index (χ1) is 11.6. The van der Waals surface area contributed by atoms with Crippen molar-refractivity contribution in [3.63, 3.8) is 0 Å². The maximum Gasteiger partial charge on any atom is 0.273 e. The molecule has 0 spiro atoms. The van der Waals surface area contributed by atoms with E-state index in [9.17, 15) is 4.79 Å². The van der Waals surface area contributed by atoms with Gasteiger partial charge < -0.3 is 5.32 Å². The summed E-state index contributed by atoms with van der Waals surface area (Å²) in [5.41, 5.74) is 3.30. The summed E-state index contributed by atoms with van der Waals surface area (Å²) in [4.78, 5) is 12.3. The van der Waals surface area contributed by atoms with Crippen LogP contribution in [0.3, 0.4) is 0 Å². The maximum absolute atomic E-state index is 12.3. The Kier molecular flexibility index (Phi) is 5.28. The van der Waals surface area contributed by atoms with Crippen LogP contribution < -0.4 is 5.32 Å². The largest absolute Gasteiger partial charge is 0.351 e. The third-order valence-corrected chi connectivity index (χ3v) is 4.94.